The first-order chi connectivity index (χ1) is 10.1. The van der Waals surface area contributed by atoms with Crippen molar-refractivity contribution in [2.45, 2.75) is 20.8 Å². The predicted molar refractivity (Wildman–Crippen MR) is 87.9 cm³/mol. The molecule has 0 aliphatic heterocycles. The van der Waals surface area contributed by atoms with Crippen molar-refractivity contribution in [2.75, 3.05) is 13.2 Å². The Morgan fingerprint density at radius 1 is 1.14 bits per heavy atom. The van der Waals surface area contributed by atoms with Crippen LogP contribution in [0.5, 0.6) is 5.75 Å². The second-order valence-corrected chi connectivity index (χ2v) is 5.37. The summed E-state index contributed by atoms with van der Waals surface area (Å²) in [4.78, 5) is 8.52. The number of benzene rings is 1. The van der Waals surface area contributed by atoms with E-state index in [1.807, 2.05) is 0 Å². The molecule has 1 heterocycles. The molecule has 0 saturated carbocycles. The zero-order chi connectivity index (χ0) is 15.2. The fraction of sp³-hybridized carbons (Fsp3) is 0.312. The quantitative estimate of drug-likeness (QED) is 0.679. The minimum Gasteiger partial charge on any atom is -0.491 e. The number of aryl methyl sites for hydroxylation is 3. The van der Waals surface area contributed by atoms with E-state index in [0.717, 1.165) is 22.4 Å². The van der Waals surface area contributed by atoms with Gasteiger partial charge in [-0.25, -0.2) is 9.97 Å². The Labute approximate surface area is 130 Å². The molecule has 5 heteroatoms. The van der Waals surface area contributed by atoms with E-state index in [1.165, 1.54) is 11.9 Å². The summed E-state index contributed by atoms with van der Waals surface area (Å²) in [5, 5.41) is 3.15. The second-order valence-electron chi connectivity index (χ2n) is 4.96. The molecule has 0 aliphatic rings. The van der Waals surface area contributed by atoms with Crippen molar-refractivity contribution in [3.05, 3.63) is 53.1 Å². The van der Waals surface area contributed by atoms with Crippen molar-refractivity contribution in [3.63, 3.8) is 0 Å². The molecular weight excluding hydrogens is 282 g/mol. The topological polar surface area (TPSA) is 47.0 Å². The van der Waals surface area contributed by atoms with Crippen LogP contribution in [0.2, 0.25) is 0 Å². The normalized spacial score (nSPS) is 10.2. The Morgan fingerprint density at radius 3 is 2.38 bits per heavy atom. The summed E-state index contributed by atoms with van der Waals surface area (Å²) in [6.07, 6.45) is 4.87. The molecule has 1 aromatic carbocycles. The lowest BCUT2D eigenvalue weighted by atomic mass is 10.1. The van der Waals surface area contributed by atoms with Crippen LogP contribution in [-0.2, 0) is 0 Å². The number of hydrogen-bond acceptors (Lipinski definition) is 4. The maximum absolute atomic E-state index is 5.86. The molecule has 0 fully saturated rings. The standard InChI is InChI=1S/C16H19N3OS/c1-11-6-12(2)15(13(3)7-11)20-5-4-19-16(21)14-8-17-10-18-9-14/h6-10H,4-5H2,1-3H3,(H,19,21). The summed E-state index contributed by atoms with van der Waals surface area (Å²) < 4.78 is 5.86. The Morgan fingerprint density at radius 2 is 1.76 bits per heavy atom. The smallest absolute Gasteiger partial charge is 0.125 e. The average molecular weight is 301 g/mol. The molecule has 0 amide bonds. The van der Waals surface area contributed by atoms with Gasteiger partial charge in [0, 0.05) is 24.5 Å². The zero-order valence-electron chi connectivity index (χ0n) is 12.5. The van der Waals surface area contributed by atoms with Crippen LogP contribution in [0, 0.1) is 20.8 Å². The van der Waals surface area contributed by atoms with E-state index in [9.17, 15) is 0 Å². The van der Waals surface area contributed by atoms with Gasteiger partial charge in [-0.05, 0) is 31.9 Å². The zero-order valence-corrected chi connectivity index (χ0v) is 13.3. The van der Waals surface area contributed by atoms with Crippen molar-refractivity contribution in [3.8, 4) is 5.75 Å². The summed E-state index contributed by atoms with van der Waals surface area (Å²) >= 11 is 5.27. The van der Waals surface area contributed by atoms with Crippen molar-refractivity contribution in [2.24, 2.45) is 0 Å². The van der Waals surface area contributed by atoms with E-state index in [0.29, 0.717) is 18.1 Å². The van der Waals surface area contributed by atoms with Crippen LogP contribution in [0.15, 0.2) is 30.9 Å². The monoisotopic (exact) mass is 301 g/mol. The number of nitrogens with zero attached hydrogens (tertiary/aromatic N) is 2. The largest absolute Gasteiger partial charge is 0.491 e. The van der Waals surface area contributed by atoms with Gasteiger partial charge in [0.15, 0.2) is 0 Å². The molecule has 0 saturated heterocycles. The van der Waals surface area contributed by atoms with Crippen molar-refractivity contribution in [1.29, 1.82) is 0 Å². The van der Waals surface area contributed by atoms with Crippen LogP contribution < -0.4 is 10.1 Å². The van der Waals surface area contributed by atoms with Crippen LogP contribution in [0.3, 0.4) is 0 Å². The molecule has 0 unspecified atom stereocenters. The van der Waals surface area contributed by atoms with Gasteiger partial charge in [0.2, 0.25) is 0 Å². The molecule has 2 rings (SSSR count). The van der Waals surface area contributed by atoms with Gasteiger partial charge >= 0.3 is 0 Å². The molecule has 0 radical (unpaired) electrons. The first-order valence-electron chi connectivity index (χ1n) is 6.82. The Kier molecular flexibility index (Phi) is 5.22. The molecule has 1 N–H and O–H groups in total. The van der Waals surface area contributed by atoms with Gasteiger partial charge in [0.05, 0.1) is 0 Å². The maximum atomic E-state index is 5.86. The van der Waals surface area contributed by atoms with Crippen LogP contribution in [0.4, 0.5) is 0 Å². The summed E-state index contributed by atoms with van der Waals surface area (Å²) in [6, 6.07) is 4.25. The molecular formula is C16H19N3OS. The number of rotatable bonds is 5. The second kappa shape index (κ2) is 7.13. The predicted octanol–water partition coefficient (Wildman–Crippen LogP) is 2.75. The van der Waals surface area contributed by atoms with Gasteiger partial charge in [-0.1, -0.05) is 29.9 Å². The highest BCUT2D eigenvalue weighted by atomic mass is 32.1. The van der Waals surface area contributed by atoms with E-state index in [1.54, 1.807) is 12.4 Å². The fourth-order valence-corrected chi connectivity index (χ4v) is 2.44. The van der Waals surface area contributed by atoms with E-state index in [-0.39, 0.29) is 0 Å². The number of nitrogens with one attached hydrogen (secondary N) is 1. The van der Waals surface area contributed by atoms with Crippen LogP contribution >= 0.6 is 12.2 Å². The summed E-state index contributed by atoms with van der Waals surface area (Å²) in [5.74, 6) is 0.955. The Hall–Kier alpha value is -2.01. The lowest BCUT2D eigenvalue weighted by molar-refractivity contribution is 0.318. The molecule has 0 bridgehead atoms. The van der Waals surface area contributed by atoms with Gasteiger partial charge in [-0.3, -0.25) is 0 Å². The summed E-state index contributed by atoms with van der Waals surface area (Å²) in [5.41, 5.74) is 4.38. The highest BCUT2D eigenvalue weighted by Crippen LogP contribution is 2.24. The molecule has 21 heavy (non-hydrogen) atoms. The highest BCUT2D eigenvalue weighted by molar-refractivity contribution is 7.80. The fourth-order valence-electron chi connectivity index (χ4n) is 2.23. The minimum atomic E-state index is 0.554. The van der Waals surface area contributed by atoms with E-state index >= 15 is 0 Å². The average Bonchev–Trinajstić information content (AvgIpc) is 2.46. The third-order valence-corrected chi connectivity index (χ3v) is 3.44. The SMILES string of the molecule is Cc1cc(C)c(OCCNC(=S)c2cncnc2)c(C)c1. The van der Waals surface area contributed by atoms with E-state index in [2.05, 4.69) is 48.2 Å². The highest BCUT2D eigenvalue weighted by Gasteiger charge is 2.05. The molecule has 110 valence electrons. The van der Waals surface area contributed by atoms with Crippen molar-refractivity contribution >= 4 is 17.2 Å². The van der Waals surface area contributed by atoms with Crippen molar-refractivity contribution in [1.82, 2.24) is 15.3 Å². The van der Waals surface area contributed by atoms with Crippen LogP contribution in [0.1, 0.15) is 22.3 Å². The van der Waals surface area contributed by atoms with E-state index in [4.69, 9.17) is 17.0 Å². The van der Waals surface area contributed by atoms with Gasteiger partial charge < -0.3 is 10.1 Å². The van der Waals surface area contributed by atoms with E-state index < -0.39 is 0 Å². The maximum Gasteiger partial charge on any atom is 0.125 e. The molecule has 2 aromatic rings. The minimum absolute atomic E-state index is 0.554. The molecule has 1 aromatic heterocycles. The first kappa shape index (κ1) is 15.4. The third-order valence-electron chi connectivity index (χ3n) is 3.06. The molecule has 0 spiro atoms. The number of ether oxygens (including phenoxy) is 1. The van der Waals surface area contributed by atoms with Crippen LogP contribution in [-0.4, -0.2) is 28.1 Å². The molecule has 4 nitrogen and oxygen atoms in total. The number of aromatic nitrogens is 2. The Bertz CT molecular complexity index is 606. The first-order valence-corrected chi connectivity index (χ1v) is 7.22. The van der Waals surface area contributed by atoms with Gasteiger partial charge in [-0.15, -0.1) is 0 Å². The van der Waals surface area contributed by atoms with Gasteiger partial charge in [0.25, 0.3) is 0 Å². The van der Waals surface area contributed by atoms with Crippen molar-refractivity contribution < 1.29 is 4.74 Å². The number of hydrogen-bond donors (Lipinski definition) is 1. The molecule has 0 aliphatic carbocycles. The van der Waals surface area contributed by atoms with Crippen LogP contribution in [0.25, 0.3) is 0 Å². The third kappa shape index (κ3) is 4.23. The summed E-state index contributed by atoms with van der Waals surface area (Å²) in [7, 11) is 0. The lowest BCUT2D eigenvalue weighted by Gasteiger charge is -2.14. The Balaban J connectivity index is 1.84. The van der Waals surface area contributed by atoms with Gasteiger partial charge in [-0.2, -0.15) is 0 Å². The molecule has 0 atom stereocenters. The van der Waals surface area contributed by atoms with Gasteiger partial charge in [0.1, 0.15) is 23.7 Å². The lowest BCUT2D eigenvalue weighted by Crippen LogP contribution is -2.27. The summed E-state index contributed by atoms with van der Waals surface area (Å²) in [6.45, 7) is 7.41. The number of thiocarbonyl (C=S) groups is 1.